The molecule has 0 amide bonds. The summed E-state index contributed by atoms with van der Waals surface area (Å²) < 4.78 is 15.1. The van der Waals surface area contributed by atoms with Crippen molar-refractivity contribution in [3.8, 4) is 5.75 Å². The van der Waals surface area contributed by atoms with Gasteiger partial charge in [0.1, 0.15) is 12.6 Å². The topological polar surface area (TPSA) is 29.5 Å². The smallest absolute Gasteiger partial charge is 0.379 e. The van der Waals surface area contributed by atoms with Gasteiger partial charge in [0.15, 0.2) is 5.75 Å². The Balaban J connectivity index is 1.54. The molecule has 5 aromatic rings. The SMILES string of the molecule is CCN1C(=Cc2oc3c4ccccc4ccc3[n+]2CC)Oc2c1ccc1ccccc21. The second-order valence-corrected chi connectivity index (χ2v) is 7.78. The number of oxazole rings is 1. The third-order valence-electron chi connectivity index (χ3n) is 6.12. The van der Waals surface area contributed by atoms with Gasteiger partial charge in [0.25, 0.3) is 5.52 Å². The van der Waals surface area contributed by atoms with Crippen LogP contribution in [0, 0.1) is 0 Å². The van der Waals surface area contributed by atoms with Crippen molar-refractivity contribution >= 4 is 44.4 Å². The molecule has 2 heterocycles. The van der Waals surface area contributed by atoms with Crippen molar-refractivity contribution in [2.45, 2.75) is 20.4 Å². The molecule has 4 aromatic carbocycles. The average Bonchev–Trinajstić information content (AvgIpc) is 3.36. The summed E-state index contributed by atoms with van der Waals surface area (Å²) in [6.07, 6.45) is 2.02. The largest absolute Gasteiger partial charge is 0.438 e. The summed E-state index contributed by atoms with van der Waals surface area (Å²) in [6, 6.07) is 25.3. The van der Waals surface area contributed by atoms with Crippen LogP contribution in [0.2, 0.25) is 0 Å². The summed E-state index contributed by atoms with van der Waals surface area (Å²) in [6.45, 7) is 5.90. The molecule has 1 aliphatic heterocycles. The fourth-order valence-corrected chi connectivity index (χ4v) is 4.63. The van der Waals surface area contributed by atoms with Crippen LogP contribution in [0.4, 0.5) is 5.69 Å². The van der Waals surface area contributed by atoms with E-state index in [0.29, 0.717) is 0 Å². The fourth-order valence-electron chi connectivity index (χ4n) is 4.63. The Morgan fingerprint density at radius 2 is 1.55 bits per heavy atom. The van der Waals surface area contributed by atoms with Crippen molar-refractivity contribution in [1.82, 2.24) is 0 Å². The molecule has 0 atom stereocenters. The van der Waals surface area contributed by atoms with Crippen LogP contribution >= 0.6 is 0 Å². The molecule has 6 rings (SSSR count). The maximum atomic E-state index is 6.42. The Bertz CT molecular complexity index is 1500. The van der Waals surface area contributed by atoms with E-state index in [2.05, 4.69) is 96.1 Å². The third kappa shape index (κ3) is 2.65. The van der Waals surface area contributed by atoms with Gasteiger partial charge < -0.3 is 14.1 Å². The van der Waals surface area contributed by atoms with E-state index < -0.39 is 0 Å². The minimum absolute atomic E-state index is 0.791. The van der Waals surface area contributed by atoms with Gasteiger partial charge in [0, 0.05) is 23.4 Å². The monoisotopic (exact) mass is 407 g/mol. The number of nitrogens with zero attached hydrogens (tertiary/aromatic N) is 2. The van der Waals surface area contributed by atoms with Gasteiger partial charge in [-0.15, -0.1) is 0 Å². The molecule has 0 spiro atoms. The molecule has 0 saturated heterocycles. The fraction of sp³-hybridized carbons (Fsp3) is 0.148. The number of anilines is 1. The molecule has 4 heteroatoms. The van der Waals surface area contributed by atoms with E-state index in [0.717, 1.165) is 58.2 Å². The number of hydrogen-bond donors (Lipinski definition) is 0. The normalized spacial score (nSPS) is 14.6. The second-order valence-electron chi connectivity index (χ2n) is 7.78. The van der Waals surface area contributed by atoms with Gasteiger partial charge in [-0.05, 0) is 36.8 Å². The van der Waals surface area contributed by atoms with Gasteiger partial charge in [-0.2, -0.15) is 4.57 Å². The van der Waals surface area contributed by atoms with Gasteiger partial charge >= 0.3 is 5.89 Å². The van der Waals surface area contributed by atoms with Crippen molar-refractivity contribution in [2.24, 2.45) is 0 Å². The molecule has 0 N–H and O–H groups in total. The number of aryl methyl sites for hydroxylation is 1. The van der Waals surface area contributed by atoms with Gasteiger partial charge in [-0.3, -0.25) is 0 Å². The maximum absolute atomic E-state index is 6.42. The predicted octanol–water partition coefficient (Wildman–Crippen LogP) is 6.26. The van der Waals surface area contributed by atoms with Crippen molar-refractivity contribution in [1.29, 1.82) is 0 Å². The van der Waals surface area contributed by atoms with E-state index in [1.54, 1.807) is 0 Å². The Kier molecular flexibility index (Phi) is 4.00. The summed E-state index contributed by atoms with van der Waals surface area (Å²) >= 11 is 0. The van der Waals surface area contributed by atoms with Crippen LogP contribution in [-0.2, 0) is 6.54 Å². The van der Waals surface area contributed by atoms with Crippen molar-refractivity contribution < 1.29 is 13.7 Å². The molecule has 0 fully saturated rings. The Hall–Kier alpha value is -3.79. The van der Waals surface area contributed by atoms with Crippen molar-refractivity contribution in [2.75, 3.05) is 11.4 Å². The van der Waals surface area contributed by atoms with Gasteiger partial charge in [-0.1, -0.05) is 54.6 Å². The second kappa shape index (κ2) is 6.88. The van der Waals surface area contributed by atoms with E-state index in [9.17, 15) is 0 Å². The van der Waals surface area contributed by atoms with Crippen LogP contribution in [0.3, 0.4) is 0 Å². The zero-order valence-electron chi connectivity index (χ0n) is 17.6. The highest BCUT2D eigenvalue weighted by Gasteiger charge is 2.30. The van der Waals surface area contributed by atoms with Crippen LogP contribution < -0.4 is 14.2 Å². The lowest BCUT2D eigenvalue weighted by molar-refractivity contribution is -0.674. The molecular formula is C27H23N2O2+. The minimum atomic E-state index is 0.791. The Morgan fingerprint density at radius 1 is 0.839 bits per heavy atom. The van der Waals surface area contributed by atoms with Crippen LogP contribution in [-0.4, -0.2) is 6.54 Å². The molecule has 0 bridgehead atoms. The lowest BCUT2D eigenvalue weighted by Crippen LogP contribution is -2.34. The highest BCUT2D eigenvalue weighted by atomic mass is 16.5. The lowest BCUT2D eigenvalue weighted by Gasteiger charge is -2.14. The molecule has 152 valence electrons. The molecular weight excluding hydrogens is 384 g/mol. The van der Waals surface area contributed by atoms with Crippen LogP contribution in [0.1, 0.15) is 19.7 Å². The summed E-state index contributed by atoms with van der Waals surface area (Å²) in [5.41, 5.74) is 3.10. The molecule has 0 radical (unpaired) electrons. The minimum Gasteiger partial charge on any atom is -0.438 e. The summed E-state index contributed by atoms with van der Waals surface area (Å²) in [5.74, 6) is 2.50. The Labute approximate surface area is 180 Å². The molecule has 1 aliphatic rings. The quantitative estimate of drug-likeness (QED) is 0.330. The molecule has 0 aliphatic carbocycles. The van der Waals surface area contributed by atoms with E-state index >= 15 is 0 Å². The van der Waals surface area contributed by atoms with E-state index in [4.69, 9.17) is 9.15 Å². The van der Waals surface area contributed by atoms with Gasteiger partial charge in [0.05, 0.1) is 5.69 Å². The maximum Gasteiger partial charge on any atom is 0.379 e. The standard InChI is InChI=1S/C27H23N2O2/c1-3-28-22-15-13-18-9-5-7-11-20(18)26(22)30-24(28)17-25-29(4-2)23-16-14-19-10-6-8-12-21(19)27(23)31-25/h5-17H,3-4H2,1-2H3/q+1. The first kappa shape index (κ1) is 18.0. The molecule has 0 unspecified atom stereocenters. The van der Waals surface area contributed by atoms with Gasteiger partial charge in [0.2, 0.25) is 11.5 Å². The number of benzene rings is 4. The van der Waals surface area contributed by atoms with E-state index in [1.165, 1.54) is 10.8 Å². The van der Waals surface area contributed by atoms with Crippen molar-refractivity contribution in [3.63, 3.8) is 0 Å². The number of ether oxygens (including phenoxy) is 1. The number of aromatic nitrogens is 1. The Morgan fingerprint density at radius 3 is 2.32 bits per heavy atom. The number of hydrogen-bond acceptors (Lipinski definition) is 3. The van der Waals surface area contributed by atoms with E-state index in [1.807, 2.05) is 6.08 Å². The van der Waals surface area contributed by atoms with Crippen molar-refractivity contribution in [3.05, 3.63) is 84.6 Å². The lowest BCUT2D eigenvalue weighted by atomic mass is 10.1. The first-order valence-electron chi connectivity index (χ1n) is 10.8. The molecule has 4 nitrogen and oxygen atoms in total. The molecule has 0 saturated carbocycles. The molecule has 31 heavy (non-hydrogen) atoms. The first-order chi connectivity index (χ1) is 15.3. The summed E-state index contributed by atoms with van der Waals surface area (Å²) in [4.78, 5) is 2.20. The third-order valence-corrected chi connectivity index (χ3v) is 6.12. The summed E-state index contributed by atoms with van der Waals surface area (Å²) in [5, 5.41) is 4.61. The predicted molar refractivity (Wildman–Crippen MR) is 125 cm³/mol. The zero-order chi connectivity index (χ0) is 20.9. The summed E-state index contributed by atoms with van der Waals surface area (Å²) in [7, 11) is 0. The van der Waals surface area contributed by atoms with Crippen LogP contribution in [0.15, 0.2) is 83.1 Å². The number of rotatable bonds is 3. The highest BCUT2D eigenvalue weighted by Crippen LogP contribution is 2.44. The molecule has 1 aromatic heterocycles. The first-order valence-corrected chi connectivity index (χ1v) is 10.8. The number of fused-ring (bicyclic) bond motifs is 6. The van der Waals surface area contributed by atoms with Gasteiger partial charge in [-0.25, -0.2) is 0 Å². The van der Waals surface area contributed by atoms with E-state index in [-0.39, 0.29) is 0 Å². The van der Waals surface area contributed by atoms with Crippen LogP contribution in [0.5, 0.6) is 5.75 Å². The average molecular weight is 407 g/mol. The zero-order valence-corrected chi connectivity index (χ0v) is 17.6. The van der Waals surface area contributed by atoms with Crippen LogP contribution in [0.25, 0.3) is 38.7 Å². The highest BCUT2D eigenvalue weighted by molar-refractivity contribution is 6.02.